The Bertz CT molecular complexity index is 387. The van der Waals surface area contributed by atoms with Crippen LogP contribution in [-0.2, 0) is 9.53 Å². The third-order valence-corrected chi connectivity index (χ3v) is 4.47. The Morgan fingerprint density at radius 3 is 2.74 bits per heavy atom. The van der Waals surface area contributed by atoms with Gasteiger partial charge < -0.3 is 20.1 Å². The normalized spacial score (nSPS) is 37.4. The molecule has 4 atom stereocenters. The zero-order valence-corrected chi connectivity index (χ0v) is 10.9. The van der Waals surface area contributed by atoms with E-state index in [0.717, 1.165) is 25.7 Å². The van der Waals surface area contributed by atoms with Crippen molar-refractivity contribution in [2.24, 2.45) is 5.92 Å². The Balaban J connectivity index is 1.54. The summed E-state index contributed by atoms with van der Waals surface area (Å²) in [6.07, 6.45) is 4.91. The number of amides is 2. The fourth-order valence-electron chi connectivity index (χ4n) is 3.40. The number of hydrogen-bond acceptors (Lipinski definition) is 3. The number of urea groups is 1. The molecule has 6 nitrogen and oxygen atoms in total. The molecule has 0 aromatic rings. The number of ether oxygens (including phenoxy) is 1. The second-order valence-electron chi connectivity index (χ2n) is 5.79. The first-order valence-electron chi connectivity index (χ1n) is 7.07. The number of aliphatic carboxylic acids is 1. The molecule has 2 amide bonds. The van der Waals surface area contributed by atoms with Crippen molar-refractivity contribution < 1.29 is 19.4 Å². The second-order valence-corrected chi connectivity index (χ2v) is 5.79. The Morgan fingerprint density at radius 1 is 1.26 bits per heavy atom. The summed E-state index contributed by atoms with van der Waals surface area (Å²) in [5.41, 5.74) is 0. The molecule has 106 valence electrons. The van der Waals surface area contributed by atoms with Crippen molar-refractivity contribution in [1.29, 1.82) is 0 Å². The van der Waals surface area contributed by atoms with Gasteiger partial charge in [-0.1, -0.05) is 0 Å². The Kier molecular flexibility index (Phi) is 3.35. The van der Waals surface area contributed by atoms with E-state index in [2.05, 4.69) is 5.32 Å². The predicted octanol–water partition coefficient (Wildman–Crippen LogP) is 0.812. The van der Waals surface area contributed by atoms with E-state index in [0.29, 0.717) is 25.6 Å². The number of likely N-dealkylation sites (tertiary alicyclic amines) is 1. The lowest BCUT2D eigenvalue weighted by Crippen LogP contribution is -2.51. The largest absolute Gasteiger partial charge is 0.481 e. The number of nitrogens with zero attached hydrogens (tertiary/aromatic N) is 1. The average molecular weight is 268 g/mol. The fraction of sp³-hybridized carbons (Fsp3) is 0.846. The molecule has 0 aliphatic carbocycles. The van der Waals surface area contributed by atoms with Gasteiger partial charge >= 0.3 is 12.0 Å². The van der Waals surface area contributed by atoms with Gasteiger partial charge in [-0.05, 0) is 32.1 Å². The van der Waals surface area contributed by atoms with E-state index in [-0.39, 0.29) is 18.2 Å². The van der Waals surface area contributed by atoms with Gasteiger partial charge in [-0.25, -0.2) is 4.79 Å². The molecule has 3 fully saturated rings. The molecule has 3 saturated heterocycles. The van der Waals surface area contributed by atoms with Crippen LogP contribution in [0.5, 0.6) is 0 Å². The van der Waals surface area contributed by atoms with Gasteiger partial charge in [0.25, 0.3) is 0 Å². The SMILES string of the molecule is O=C(O)[C@@H]1CCCN(C(=O)NC2CC3CCC2O3)C1. The molecular formula is C13H20N2O4. The average Bonchev–Trinajstić information content (AvgIpc) is 3.01. The molecule has 0 aromatic carbocycles. The molecule has 0 aromatic heterocycles. The Morgan fingerprint density at radius 2 is 2.11 bits per heavy atom. The number of carboxylic acid groups (broad SMARTS) is 1. The first-order valence-corrected chi connectivity index (χ1v) is 7.07. The predicted molar refractivity (Wildman–Crippen MR) is 66.8 cm³/mol. The lowest BCUT2D eigenvalue weighted by molar-refractivity contribution is -0.143. The van der Waals surface area contributed by atoms with Gasteiger partial charge in [0.2, 0.25) is 0 Å². The smallest absolute Gasteiger partial charge is 0.317 e. The molecule has 3 aliphatic heterocycles. The number of nitrogens with one attached hydrogen (secondary N) is 1. The van der Waals surface area contributed by atoms with Crippen LogP contribution < -0.4 is 5.32 Å². The molecule has 2 bridgehead atoms. The summed E-state index contributed by atoms with van der Waals surface area (Å²) in [5.74, 6) is -1.23. The van der Waals surface area contributed by atoms with Gasteiger partial charge in [0.05, 0.1) is 24.2 Å². The van der Waals surface area contributed by atoms with Crippen molar-refractivity contribution in [2.45, 2.75) is 50.4 Å². The Labute approximate surface area is 112 Å². The van der Waals surface area contributed by atoms with Gasteiger partial charge in [-0.3, -0.25) is 4.79 Å². The van der Waals surface area contributed by atoms with E-state index in [9.17, 15) is 9.59 Å². The summed E-state index contributed by atoms with van der Waals surface area (Å²) in [5, 5.41) is 12.0. The van der Waals surface area contributed by atoms with Gasteiger partial charge in [-0.15, -0.1) is 0 Å². The van der Waals surface area contributed by atoms with Crippen molar-refractivity contribution >= 4 is 12.0 Å². The molecule has 0 radical (unpaired) electrons. The van der Waals surface area contributed by atoms with Crippen molar-refractivity contribution in [3.63, 3.8) is 0 Å². The maximum absolute atomic E-state index is 12.2. The van der Waals surface area contributed by atoms with E-state index in [1.165, 1.54) is 0 Å². The summed E-state index contributed by atoms with van der Waals surface area (Å²) >= 11 is 0. The van der Waals surface area contributed by atoms with Gasteiger partial charge in [0.15, 0.2) is 0 Å². The topological polar surface area (TPSA) is 78.9 Å². The molecule has 0 saturated carbocycles. The molecule has 19 heavy (non-hydrogen) atoms. The number of hydrogen-bond donors (Lipinski definition) is 2. The van der Waals surface area contributed by atoms with Crippen LogP contribution in [0.1, 0.15) is 32.1 Å². The van der Waals surface area contributed by atoms with Crippen molar-refractivity contribution in [2.75, 3.05) is 13.1 Å². The number of rotatable bonds is 2. The second kappa shape index (κ2) is 5.00. The van der Waals surface area contributed by atoms with Crippen LogP contribution in [-0.4, -0.2) is 53.3 Å². The Hall–Kier alpha value is -1.30. The van der Waals surface area contributed by atoms with E-state index in [1.807, 2.05) is 0 Å². The summed E-state index contributed by atoms with van der Waals surface area (Å²) < 4.78 is 5.71. The minimum Gasteiger partial charge on any atom is -0.481 e. The van der Waals surface area contributed by atoms with Crippen LogP contribution >= 0.6 is 0 Å². The molecule has 3 aliphatic rings. The number of carbonyl (C=O) groups excluding carboxylic acids is 1. The van der Waals surface area contributed by atoms with Crippen LogP contribution in [0, 0.1) is 5.92 Å². The van der Waals surface area contributed by atoms with Gasteiger partial charge in [0, 0.05) is 13.1 Å². The number of fused-ring (bicyclic) bond motifs is 2. The van der Waals surface area contributed by atoms with Crippen LogP contribution in [0.3, 0.4) is 0 Å². The molecule has 2 N–H and O–H groups in total. The maximum atomic E-state index is 12.2. The van der Waals surface area contributed by atoms with E-state index in [4.69, 9.17) is 9.84 Å². The van der Waals surface area contributed by atoms with Crippen LogP contribution in [0.25, 0.3) is 0 Å². The quantitative estimate of drug-likeness (QED) is 0.777. The van der Waals surface area contributed by atoms with Crippen LogP contribution in [0.4, 0.5) is 4.79 Å². The molecule has 3 unspecified atom stereocenters. The van der Waals surface area contributed by atoms with E-state index in [1.54, 1.807) is 4.90 Å². The minimum absolute atomic E-state index is 0.108. The monoisotopic (exact) mass is 268 g/mol. The maximum Gasteiger partial charge on any atom is 0.317 e. The molecule has 6 heteroatoms. The highest BCUT2D eigenvalue weighted by molar-refractivity contribution is 5.76. The zero-order chi connectivity index (χ0) is 13.4. The minimum atomic E-state index is -0.805. The molecule has 3 heterocycles. The van der Waals surface area contributed by atoms with Crippen molar-refractivity contribution in [1.82, 2.24) is 10.2 Å². The van der Waals surface area contributed by atoms with Crippen molar-refractivity contribution in [3.8, 4) is 0 Å². The first-order chi connectivity index (χ1) is 9.13. The molecule has 0 spiro atoms. The summed E-state index contributed by atoms with van der Waals surface area (Å²) in [7, 11) is 0. The third-order valence-electron chi connectivity index (χ3n) is 4.47. The van der Waals surface area contributed by atoms with E-state index >= 15 is 0 Å². The zero-order valence-electron chi connectivity index (χ0n) is 10.9. The highest BCUT2D eigenvalue weighted by atomic mass is 16.5. The van der Waals surface area contributed by atoms with Crippen molar-refractivity contribution in [3.05, 3.63) is 0 Å². The standard InChI is InChI=1S/C13H20N2O4/c16-12(17)8-2-1-5-15(7-8)13(18)14-10-6-9-3-4-11(10)19-9/h8-11H,1-7H2,(H,14,18)(H,16,17)/t8-,9?,10?,11?/m1/s1. The summed E-state index contributed by atoms with van der Waals surface area (Å²) in [4.78, 5) is 24.8. The van der Waals surface area contributed by atoms with Crippen LogP contribution in [0.2, 0.25) is 0 Å². The van der Waals surface area contributed by atoms with Gasteiger partial charge in [-0.2, -0.15) is 0 Å². The lowest BCUT2D eigenvalue weighted by Gasteiger charge is -2.32. The number of carboxylic acids is 1. The summed E-state index contributed by atoms with van der Waals surface area (Å²) in [6, 6.07) is -0.0245. The highest BCUT2D eigenvalue weighted by Gasteiger charge is 2.42. The molecular weight excluding hydrogens is 248 g/mol. The highest BCUT2D eigenvalue weighted by Crippen LogP contribution is 2.34. The number of piperidine rings is 1. The summed E-state index contributed by atoms with van der Waals surface area (Å²) in [6.45, 7) is 0.972. The first kappa shape index (κ1) is 12.7. The fourth-order valence-corrected chi connectivity index (χ4v) is 3.40. The lowest BCUT2D eigenvalue weighted by atomic mass is 9.95. The third kappa shape index (κ3) is 2.54. The van der Waals surface area contributed by atoms with E-state index < -0.39 is 11.9 Å². The molecule has 3 rings (SSSR count). The van der Waals surface area contributed by atoms with Crippen LogP contribution in [0.15, 0.2) is 0 Å². The number of carbonyl (C=O) groups is 2. The van der Waals surface area contributed by atoms with Gasteiger partial charge in [0.1, 0.15) is 0 Å².